The summed E-state index contributed by atoms with van der Waals surface area (Å²) < 4.78 is 0. The van der Waals surface area contributed by atoms with Crippen molar-refractivity contribution in [1.29, 1.82) is 0 Å². The summed E-state index contributed by atoms with van der Waals surface area (Å²) in [5.41, 5.74) is 12.3. The number of hydrogen-bond donors (Lipinski definition) is 2. The van der Waals surface area contributed by atoms with Crippen LogP contribution in [0.1, 0.15) is 45.4 Å². The van der Waals surface area contributed by atoms with E-state index in [9.17, 15) is 4.79 Å². The molecule has 3 saturated carbocycles. The van der Waals surface area contributed by atoms with Gasteiger partial charge in [-0.15, -0.1) is 0 Å². The van der Waals surface area contributed by atoms with Gasteiger partial charge in [-0.2, -0.15) is 0 Å². The molecule has 0 aromatic rings. The Morgan fingerprint density at radius 1 is 1.29 bits per heavy atom. The molecular weight excluding hydrogens is 212 g/mol. The van der Waals surface area contributed by atoms with Crippen LogP contribution in [0.4, 0.5) is 0 Å². The Morgan fingerprint density at radius 2 is 2.06 bits per heavy atom. The topological polar surface area (TPSA) is 69.1 Å². The fraction of sp³-hybridized carbons (Fsp3) is 0.929. The molecule has 96 valence electrons. The van der Waals surface area contributed by atoms with Crippen LogP contribution in [-0.2, 0) is 4.79 Å². The molecule has 3 nitrogen and oxygen atoms in total. The zero-order valence-corrected chi connectivity index (χ0v) is 10.7. The average Bonchev–Trinajstić information content (AvgIpc) is 2.76. The van der Waals surface area contributed by atoms with E-state index < -0.39 is 0 Å². The quantitative estimate of drug-likeness (QED) is 0.727. The zero-order valence-electron chi connectivity index (χ0n) is 10.7. The smallest absolute Gasteiger partial charge is 0.220 e. The molecule has 3 aliphatic carbocycles. The summed E-state index contributed by atoms with van der Waals surface area (Å²) in [5.74, 6) is 2.20. The molecule has 2 bridgehead atoms. The van der Waals surface area contributed by atoms with Gasteiger partial charge in [-0.3, -0.25) is 4.79 Å². The van der Waals surface area contributed by atoms with Gasteiger partial charge in [0.1, 0.15) is 0 Å². The van der Waals surface area contributed by atoms with Crippen LogP contribution >= 0.6 is 0 Å². The second kappa shape index (κ2) is 3.71. The molecule has 3 heteroatoms. The molecule has 1 spiro atoms. The molecule has 0 aromatic carbocycles. The Balaban J connectivity index is 1.88. The van der Waals surface area contributed by atoms with Gasteiger partial charge in [-0.1, -0.05) is 13.3 Å². The highest BCUT2D eigenvalue weighted by Crippen LogP contribution is 2.64. The molecule has 0 radical (unpaired) electrons. The third-order valence-corrected chi connectivity index (χ3v) is 6.21. The Kier molecular flexibility index (Phi) is 2.51. The third-order valence-electron chi connectivity index (χ3n) is 6.21. The van der Waals surface area contributed by atoms with Gasteiger partial charge in [0.15, 0.2) is 0 Å². The third kappa shape index (κ3) is 1.41. The zero-order chi connectivity index (χ0) is 12.2. The molecule has 3 aliphatic rings. The van der Waals surface area contributed by atoms with E-state index in [1.165, 1.54) is 19.3 Å². The molecule has 3 rings (SSSR count). The van der Waals surface area contributed by atoms with Gasteiger partial charge in [-0.05, 0) is 55.3 Å². The van der Waals surface area contributed by atoms with Crippen molar-refractivity contribution in [3.63, 3.8) is 0 Å². The van der Waals surface area contributed by atoms with Crippen molar-refractivity contribution in [2.45, 2.75) is 51.5 Å². The molecule has 4 N–H and O–H groups in total. The van der Waals surface area contributed by atoms with Crippen molar-refractivity contribution < 1.29 is 4.79 Å². The van der Waals surface area contributed by atoms with Gasteiger partial charge < -0.3 is 11.5 Å². The van der Waals surface area contributed by atoms with Gasteiger partial charge >= 0.3 is 0 Å². The van der Waals surface area contributed by atoms with Crippen LogP contribution < -0.4 is 11.5 Å². The van der Waals surface area contributed by atoms with Crippen LogP contribution in [0, 0.1) is 29.1 Å². The molecule has 0 aliphatic heterocycles. The van der Waals surface area contributed by atoms with E-state index in [1.807, 2.05) is 0 Å². The maximum Gasteiger partial charge on any atom is 0.220 e. The van der Waals surface area contributed by atoms with E-state index in [2.05, 4.69) is 6.92 Å². The van der Waals surface area contributed by atoms with E-state index in [0.29, 0.717) is 12.0 Å². The van der Waals surface area contributed by atoms with Crippen molar-refractivity contribution >= 4 is 5.91 Å². The van der Waals surface area contributed by atoms with Gasteiger partial charge in [0.05, 0.1) is 0 Å². The highest BCUT2D eigenvalue weighted by molar-refractivity contribution is 5.76. The number of hydrogen-bond acceptors (Lipinski definition) is 2. The first-order valence-corrected chi connectivity index (χ1v) is 7.11. The largest absolute Gasteiger partial charge is 0.369 e. The monoisotopic (exact) mass is 236 g/mol. The molecule has 0 saturated heterocycles. The van der Waals surface area contributed by atoms with Crippen LogP contribution in [0.2, 0.25) is 0 Å². The minimum Gasteiger partial charge on any atom is -0.369 e. The van der Waals surface area contributed by atoms with E-state index in [0.717, 1.165) is 31.1 Å². The Bertz CT molecular complexity index is 343. The van der Waals surface area contributed by atoms with Gasteiger partial charge in [-0.25, -0.2) is 0 Å². The van der Waals surface area contributed by atoms with Crippen LogP contribution in [0.5, 0.6) is 0 Å². The van der Waals surface area contributed by atoms with Crippen molar-refractivity contribution in [2.24, 2.45) is 40.6 Å². The normalized spacial score (nSPS) is 53.2. The fourth-order valence-corrected chi connectivity index (χ4v) is 5.41. The average molecular weight is 236 g/mol. The minimum atomic E-state index is -0.105. The van der Waals surface area contributed by atoms with E-state index in [-0.39, 0.29) is 17.2 Å². The van der Waals surface area contributed by atoms with Crippen LogP contribution in [-0.4, -0.2) is 11.9 Å². The van der Waals surface area contributed by atoms with Gasteiger partial charge in [0, 0.05) is 12.0 Å². The molecule has 1 unspecified atom stereocenters. The summed E-state index contributed by atoms with van der Waals surface area (Å²) in [6, 6.07) is 0.318. The summed E-state index contributed by atoms with van der Waals surface area (Å²) in [5, 5.41) is 0. The Labute approximate surface area is 103 Å². The lowest BCUT2D eigenvalue weighted by Gasteiger charge is -2.47. The number of carbonyl (C=O) groups excluding carboxylic acids is 1. The first-order valence-electron chi connectivity index (χ1n) is 7.11. The van der Waals surface area contributed by atoms with Crippen molar-refractivity contribution in [2.75, 3.05) is 0 Å². The summed E-state index contributed by atoms with van der Waals surface area (Å²) in [6.07, 6.45) is 6.94. The van der Waals surface area contributed by atoms with Crippen LogP contribution in [0.3, 0.4) is 0 Å². The van der Waals surface area contributed by atoms with Gasteiger partial charge in [0.25, 0.3) is 0 Å². The number of primary amides is 1. The van der Waals surface area contributed by atoms with E-state index in [1.54, 1.807) is 0 Å². The highest BCUT2D eigenvalue weighted by atomic mass is 16.1. The standard InChI is InChI=1S/C14H24N2O/c1-8-10-4-5-11(8)14(12(10)15)6-2-3-9(7-14)13(16)17/h8-12H,2-7,15H2,1H3,(H2,16,17)/t8-,9-,10?,11-,12+,14+/m0/s1. The molecule has 1 amide bonds. The number of carbonyl (C=O) groups is 1. The van der Waals surface area contributed by atoms with E-state index >= 15 is 0 Å². The Morgan fingerprint density at radius 3 is 2.65 bits per heavy atom. The lowest BCUT2D eigenvalue weighted by Crippen LogP contribution is -2.50. The lowest BCUT2D eigenvalue weighted by molar-refractivity contribution is -0.125. The highest BCUT2D eigenvalue weighted by Gasteiger charge is 2.61. The van der Waals surface area contributed by atoms with Crippen molar-refractivity contribution in [3.8, 4) is 0 Å². The second-order valence-electron chi connectivity index (χ2n) is 6.66. The summed E-state index contributed by atoms with van der Waals surface area (Å²) in [4.78, 5) is 11.5. The molecule has 3 fully saturated rings. The first kappa shape index (κ1) is 11.5. The lowest BCUT2D eigenvalue weighted by atomic mass is 9.59. The van der Waals surface area contributed by atoms with Crippen molar-refractivity contribution in [1.82, 2.24) is 0 Å². The number of amides is 1. The SMILES string of the molecule is C[C@H]1C2CC[C@@H]1[C@]1(CCC[C@H](C(N)=O)C1)[C@@H]2N. The molecule has 17 heavy (non-hydrogen) atoms. The first-order chi connectivity index (χ1) is 8.06. The summed E-state index contributed by atoms with van der Waals surface area (Å²) >= 11 is 0. The molecule has 0 heterocycles. The second-order valence-corrected chi connectivity index (χ2v) is 6.66. The number of nitrogens with two attached hydrogens (primary N) is 2. The molecule has 6 atom stereocenters. The molecule has 0 aromatic heterocycles. The maximum atomic E-state index is 11.5. The Hall–Kier alpha value is -0.570. The summed E-state index contributed by atoms with van der Waals surface area (Å²) in [6.45, 7) is 2.37. The minimum absolute atomic E-state index is 0.0846. The van der Waals surface area contributed by atoms with Gasteiger partial charge in [0.2, 0.25) is 5.91 Å². The predicted octanol–water partition coefficient (Wildman–Crippen LogP) is 1.65. The number of fused-ring (bicyclic) bond motifs is 3. The molecular formula is C14H24N2O. The van der Waals surface area contributed by atoms with Crippen LogP contribution in [0.15, 0.2) is 0 Å². The van der Waals surface area contributed by atoms with E-state index in [4.69, 9.17) is 11.5 Å². The fourth-order valence-electron chi connectivity index (χ4n) is 5.41. The predicted molar refractivity (Wildman–Crippen MR) is 66.9 cm³/mol. The summed E-state index contributed by atoms with van der Waals surface area (Å²) in [7, 11) is 0. The number of rotatable bonds is 1. The van der Waals surface area contributed by atoms with Crippen molar-refractivity contribution in [3.05, 3.63) is 0 Å². The maximum absolute atomic E-state index is 11.5. The van der Waals surface area contributed by atoms with Crippen LogP contribution in [0.25, 0.3) is 0 Å².